The van der Waals surface area contributed by atoms with Crippen LogP contribution in [-0.4, -0.2) is 0 Å². The van der Waals surface area contributed by atoms with Crippen molar-refractivity contribution in [2.24, 2.45) is 0 Å². The molecule has 0 spiro atoms. The Hall–Kier alpha value is -2.06. The second-order valence-electron chi connectivity index (χ2n) is 4.05. The van der Waals surface area contributed by atoms with Crippen LogP contribution in [0.2, 0.25) is 0 Å². The van der Waals surface area contributed by atoms with E-state index in [1.165, 1.54) is 5.56 Å². The van der Waals surface area contributed by atoms with Crippen molar-refractivity contribution in [1.29, 1.82) is 10.5 Å². The van der Waals surface area contributed by atoms with E-state index in [9.17, 15) is 0 Å². The minimum atomic E-state index is 0.186. The lowest BCUT2D eigenvalue weighted by Gasteiger charge is -2.13. The molecular formula is C13H8N2. The number of allylic oxidation sites excluding steroid dienone is 2. The zero-order chi connectivity index (χ0) is 10.4. The molecule has 0 saturated heterocycles. The molecule has 0 saturated carbocycles. The molecule has 0 fully saturated rings. The number of hydrogen-bond acceptors (Lipinski definition) is 2. The quantitative estimate of drug-likeness (QED) is 0.634. The molecular weight excluding hydrogens is 184 g/mol. The topological polar surface area (TPSA) is 47.6 Å². The van der Waals surface area contributed by atoms with Crippen LogP contribution in [0.5, 0.6) is 0 Å². The summed E-state index contributed by atoms with van der Waals surface area (Å²) < 4.78 is 0. The Morgan fingerprint density at radius 2 is 2.07 bits per heavy atom. The molecule has 2 bridgehead atoms. The van der Waals surface area contributed by atoms with Gasteiger partial charge in [0.05, 0.1) is 17.7 Å². The van der Waals surface area contributed by atoms with Crippen LogP contribution in [0, 0.1) is 22.7 Å². The molecule has 2 heteroatoms. The van der Waals surface area contributed by atoms with E-state index in [0.29, 0.717) is 5.92 Å². The molecule has 0 radical (unpaired) electrons. The third-order valence-electron chi connectivity index (χ3n) is 3.38. The highest BCUT2D eigenvalue weighted by Crippen LogP contribution is 2.52. The lowest BCUT2D eigenvalue weighted by Crippen LogP contribution is -2.00. The van der Waals surface area contributed by atoms with Crippen molar-refractivity contribution < 1.29 is 0 Å². The van der Waals surface area contributed by atoms with E-state index in [-0.39, 0.29) is 5.92 Å². The minimum Gasteiger partial charge on any atom is -0.193 e. The van der Waals surface area contributed by atoms with Crippen molar-refractivity contribution in [2.75, 3.05) is 0 Å². The normalized spacial score (nSPS) is 25.3. The zero-order valence-electron chi connectivity index (χ0n) is 8.07. The van der Waals surface area contributed by atoms with Gasteiger partial charge < -0.3 is 0 Å². The molecule has 2 aliphatic carbocycles. The van der Waals surface area contributed by atoms with Gasteiger partial charge in [-0.25, -0.2) is 0 Å². The SMILES string of the molecule is N#CC1=C[C@H]2C[C@H]1c1c(C#N)cccc12. The van der Waals surface area contributed by atoms with E-state index in [4.69, 9.17) is 10.5 Å². The predicted octanol–water partition coefficient (Wildman–Crippen LogP) is 2.59. The molecule has 15 heavy (non-hydrogen) atoms. The van der Waals surface area contributed by atoms with Crippen molar-refractivity contribution >= 4 is 0 Å². The molecule has 2 atom stereocenters. The maximum Gasteiger partial charge on any atom is 0.0994 e. The summed E-state index contributed by atoms with van der Waals surface area (Å²) in [5.74, 6) is 0.554. The molecule has 1 aromatic carbocycles. The largest absolute Gasteiger partial charge is 0.193 e. The molecule has 0 amide bonds. The maximum atomic E-state index is 9.04. The summed E-state index contributed by atoms with van der Waals surface area (Å²) in [6.07, 6.45) is 3.03. The highest BCUT2D eigenvalue weighted by molar-refractivity contribution is 5.60. The Labute approximate surface area is 88.1 Å². The fourth-order valence-corrected chi connectivity index (χ4v) is 2.78. The summed E-state index contributed by atoms with van der Waals surface area (Å²) in [6, 6.07) is 10.3. The maximum absolute atomic E-state index is 9.04. The summed E-state index contributed by atoms with van der Waals surface area (Å²) in [7, 11) is 0. The van der Waals surface area contributed by atoms with E-state index in [1.54, 1.807) is 0 Å². The van der Waals surface area contributed by atoms with Crippen LogP contribution in [0.25, 0.3) is 0 Å². The first-order valence-electron chi connectivity index (χ1n) is 5.00. The molecule has 2 aliphatic rings. The summed E-state index contributed by atoms with van der Waals surface area (Å²) in [4.78, 5) is 0. The van der Waals surface area contributed by atoms with Crippen molar-refractivity contribution in [1.82, 2.24) is 0 Å². The Kier molecular flexibility index (Phi) is 1.50. The summed E-state index contributed by atoms with van der Waals surface area (Å²) >= 11 is 0. The number of benzene rings is 1. The smallest absolute Gasteiger partial charge is 0.0994 e. The fourth-order valence-electron chi connectivity index (χ4n) is 2.78. The van der Waals surface area contributed by atoms with Gasteiger partial charge in [0.15, 0.2) is 0 Å². The lowest BCUT2D eigenvalue weighted by atomic mass is 9.88. The second kappa shape index (κ2) is 2.72. The molecule has 0 heterocycles. The Morgan fingerprint density at radius 3 is 2.80 bits per heavy atom. The van der Waals surface area contributed by atoms with Crippen LogP contribution in [0.4, 0.5) is 0 Å². The van der Waals surface area contributed by atoms with Crippen LogP contribution < -0.4 is 0 Å². The van der Waals surface area contributed by atoms with Gasteiger partial charge in [-0.1, -0.05) is 18.2 Å². The monoisotopic (exact) mass is 192 g/mol. The van der Waals surface area contributed by atoms with Crippen molar-refractivity contribution in [3.63, 3.8) is 0 Å². The lowest BCUT2D eigenvalue weighted by molar-refractivity contribution is 0.793. The fraction of sp³-hybridized carbons (Fsp3) is 0.231. The zero-order valence-corrected chi connectivity index (χ0v) is 8.07. The Balaban J connectivity index is 2.25. The van der Waals surface area contributed by atoms with Gasteiger partial charge >= 0.3 is 0 Å². The molecule has 2 nitrogen and oxygen atoms in total. The Bertz CT molecular complexity index is 555. The van der Waals surface area contributed by atoms with Gasteiger partial charge in [0.25, 0.3) is 0 Å². The van der Waals surface area contributed by atoms with Gasteiger partial charge in [0, 0.05) is 17.4 Å². The van der Waals surface area contributed by atoms with E-state index in [1.807, 2.05) is 18.2 Å². The number of hydrogen-bond donors (Lipinski definition) is 0. The first kappa shape index (κ1) is 8.26. The number of nitriles is 2. The van der Waals surface area contributed by atoms with Crippen LogP contribution in [0.3, 0.4) is 0 Å². The van der Waals surface area contributed by atoms with E-state index in [2.05, 4.69) is 18.2 Å². The van der Waals surface area contributed by atoms with Crippen molar-refractivity contribution in [2.45, 2.75) is 18.3 Å². The van der Waals surface area contributed by atoms with E-state index >= 15 is 0 Å². The van der Waals surface area contributed by atoms with E-state index < -0.39 is 0 Å². The highest BCUT2D eigenvalue weighted by atomic mass is 14.4. The Morgan fingerprint density at radius 1 is 1.20 bits per heavy atom. The molecule has 0 aromatic heterocycles. The van der Waals surface area contributed by atoms with Gasteiger partial charge in [-0.05, 0) is 23.6 Å². The summed E-state index contributed by atoms with van der Waals surface area (Å²) in [5.41, 5.74) is 3.93. The number of rotatable bonds is 0. The first-order chi connectivity index (χ1) is 7.35. The number of fused-ring (bicyclic) bond motifs is 5. The van der Waals surface area contributed by atoms with Crippen LogP contribution in [0.1, 0.15) is 34.9 Å². The standard InChI is InChI=1S/C13H8N2/c14-6-8-2-1-3-11-9-4-10(7-15)12(5-9)13(8)11/h1-4,9,12H,5H2/t9-,12+/m0/s1. The second-order valence-corrected chi connectivity index (χ2v) is 4.05. The van der Waals surface area contributed by atoms with Gasteiger partial charge in [0.2, 0.25) is 0 Å². The average Bonchev–Trinajstić information content (AvgIpc) is 2.86. The highest BCUT2D eigenvalue weighted by Gasteiger charge is 2.39. The van der Waals surface area contributed by atoms with Gasteiger partial charge in [-0.2, -0.15) is 10.5 Å². The van der Waals surface area contributed by atoms with Crippen LogP contribution in [0.15, 0.2) is 29.8 Å². The predicted molar refractivity (Wildman–Crippen MR) is 55.0 cm³/mol. The third kappa shape index (κ3) is 0.913. The first-order valence-corrected chi connectivity index (χ1v) is 5.00. The molecule has 0 unspecified atom stereocenters. The van der Waals surface area contributed by atoms with Crippen molar-refractivity contribution in [3.8, 4) is 12.1 Å². The van der Waals surface area contributed by atoms with E-state index in [0.717, 1.165) is 23.1 Å². The van der Waals surface area contributed by atoms with Gasteiger partial charge in [-0.15, -0.1) is 0 Å². The van der Waals surface area contributed by atoms with Gasteiger partial charge in [0.1, 0.15) is 0 Å². The van der Waals surface area contributed by atoms with Crippen molar-refractivity contribution in [3.05, 3.63) is 46.5 Å². The van der Waals surface area contributed by atoms with Crippen LogP contribution in [-0.2, 0) is 0 Å². The number of nitrogens with zero attached hydrogens (tertiary/aromatic N) is 2. The molecule has 3 rings (SSSR count). The molecule has 70 valence electrons. The molecule has 1 aromatic rings. The minimum absolute atomic E-state index is 0.186. The van der Waals surface area contributed by atoms with Crippen LogP contribution >= 0.6 is 0 Å². The summed E-state index contributed by atoms with van der Waals surface area (Å²) in [5, 5.41) is 18.0. The third-order valence-corrected chi connectivity index (χ3v) is 3.38. The molecule has 0 aliphatic heterocycles. The average molecular weight is 192 g/mol. The molecule has 0 N–H and O–H groups in total. The summed E-state index contributed by atoms with van der Waals surface area (Å²) in [6.45, 7) is 0. The van der Waals surface area contributed by atoms with Gasteiger partial charge in [-0.3, -0.25) is 0 Å².